The molecule has 1 unspecified atom stereocenters. The van der Waals surface area contributed by atoms with Gasteiger partial charge in [-0.1, -0.05) is 43.1 Å². The number of β-amino-alcohol motifs (C(OH)–C–C–N with tert-alkyl or cyclic N) is 1. The van der Waals surface area contributed by atoms with Gasteiger partial charge < -0.3 is 10.0 Å². The summed E-state index contributed by atoms with van der Waals surface area (Å²) in [5.41, 5.74) is 1.70. The molecule has 1 N–H and O–H groups in total. The minimum Gasteiger partial charge on any atom is -0.391 e. The van der Waals surface area contributed by atoms with E-state index in [1.807, 2.05) is 19.9 Å². The zero-order valence-electron chi connectivity index (χ0n) is 13.9. The maximum atomic E-state index is 12.1. The number of rotatable bonds is 4. The predicted molar refractivity (Wildman–Crippen MR) is 96.7 cm³/mol. The fourth-order valence-corrected chi connectivity index (χ4v) is 2.71. The highest BCUT2D eigenvalue weighted by atomic mass is 35.5. The number of likely N-dealkylation sites (tertiary alicyclic amines) is 1. The van der Waals surface area contributed by atoms with E-state index >= 15 is 0 Å². The number of aliphatic hydroxyl groups is 1. The lowest BCUT2D eigenvalue weighted by Crippen LogP contribution is -2.29. The highest BCUT2D eigenvalue weighted by molar-refractivity contribution is 6.42. The van der Waals surface area contributed by atoms with E-state index in [0.29, 0.717) is 42.4 Å². The summed E-state index contributed by atoms with van der Waals surface area (Å²) >= 11 is 11.9. The third-order valence-electron chi connectivity index (χ3n) is 3.61. The molecule has 1 aliphatic heterocycles. The van der Waals surface area contributed by atoms with Crippen LogP contribution in [0, 0.1) is 0 Å². The second kappa shape index (κ2) is 9.91. The lowest BCUT2D eigenvalue weighted by atomic mass is 10.1. The lowest BCUT2D eigenvalue weighted by Gasteiger charge is -2.16. The van der Waals surface area contributed by atoms with Crippen molar-refractivity contribution in [3.8, 4) is 0 Å². The van der Waals surface area contributed by atoms with E-state index < -0.39 is 0 Å². The molecule has 1 fully saturated rings. The van der Waals surface area contributed by atoms with Crippen LogP contribution in [-0.2, 0) is 4.79 Å². The van der Waals surface area contributed by atoms with Crippen molar-refractivity contribution in [3.05, 3.63) is 33.8 Å². The molecule has 1 atom stereocenters. The van der Waals surface area contributed by atoms with Crippen LogP contribution in [0.1, 0.15) is 38.7 Å². The SMILES string of the molecule is CC.CN=C(CCC(=O)N1CCC(O)C1)c1ccc(Cl)c(Cl)c1. The Hall–Kier alpha value is -1.10. The summed E-state index contributed by atoms with van der Waals surface area (Å²) in [7, 11) is 1.70. The highest BCUT2D eigenvalue weighted by Crippen LogP contribution is 2.24. The van der Waals surface area contributed by atoms with Gasteiger partial charge in [-0.3, -0.25) is 9.79 Å². The summed E-state index contributed by atoms with van der Waals surface area (Å²) in [4.78, 5) is 18.0. The molecule has 0 aliphatic carbocycles. The molecule has 0 saturated carbocycles. The van der Waals surface area contributed by atoms with Crippen LogP contribution in [0.3, 0.4) is 0 Å². The van der Waals surface area contributed by atoms with Crippen molar-refractivity contribution in [2.75, 3.05) is 20.1 Å². The van der Waals surface area contributed by atoms with Crippen molar-refractivity contribution >= 4 is 34.8 Å². The van der Waals surface area contributed by atoms with Gasteiger partial charge in [-0.05, 0) is 30.5 Å². The molecule has 0 spiro atoms. The van der Waals surface area contributed by atoms with Gasteiger partial charge in [0.25, 0.3) is 0 Å². The van der Waals surface area contributed by atoms with Crippen LogP contribution in [0.4, 0.5) is 0 Å². The Bertz CT molecular complexity index is 562. The molecular weight excluding hydrogens is 335 g/mol. The molecule has 6 heteroatoms. The van der Waals surface area contributed by atoms with Gasteiger partial charge in [-0.15, -0.1) is 0 Å². The quantitative estimate of drug-likeness (QED) is 0.831. The standard InChI is InChI=1S/C15H18Cl2N2O2.C2H6/c1-18-14(10-2-3-12(16)13(17)8-10)4-5-15(21)19-7-6-11(20)9-19;1-2/h2-3,8,11,20H,4-7,9H2,1H3;1-2H3. The second-order valence-corrected chi connectivity index (χ2v) is 5.90. The molecule has 23 heavy (non-hydrogen) atoms. The van der Waals surface area contributed by atoms with Gasteiger partial charge in [0.1, 0.15) is 0 Å². The van der Waals surface area contributed by atoms with Gasteiger partial charge in [0, 0.05) is 32.3 Å². The van der Waals surface area contributed by atoms with Crippen LogP contribution >= 0.6 is 23.2 Å². The average molecular weight is 359 g/mol. The molecule has 0 aromatic heterocycles. The summed E-state index contributed by atoms with van der Waals surface area (Å²) in [6, 6.07) is 5.33. The first-order valence-electron chi connectivity index (χ1n) is 7.88. The number of carbonyl (C=O) groups excluding carboxylic acids is 1. The van der Waals surface area contributed by atoms with Gasteiger partial charge in [0.15, 0.2) is 0 Å². The van der Waals surface area contributed by atoms with Crippen LogP contribution in [-0.4, -0.2) is 47.9 Å². The summed E-state index contributed by atoms with van der Waals surface area (Å²) in [5.74, 6) is 0.0489. The molecule has 1 aromatic carbocycles. The first kappa shape index (κ1) is 19.9. The van der Waals surface area contributed by atoms with Crippen molar-refractivity contribution in [2.45, 2.75) is 39.2 Å². The van der Waals surface area contributed by atoms with E-state index in [2.05, 4.69) is 4.99 Å². The average Bonchev–Trinajstić information content (AvgIpc) is 2.99. The first-order valence-corrected chi connectivity index (χ1v) is 8.63. The number of hydrogen-bond acceptors (Lipinski definition) is 3. The Kier molecular flexibility index (Phi) is 8.59. The monoisotopic (exact) mass is 358 g/mol. The number of aliphatic imine (C=N–C) groups is 1. The minimum absolute atomic E-state index is 0.0489. The molecule has 1 amide bonds. The van der Waals surface area contributed by atoms with Crippen LogP contribution < -0.4 is 0 Å². The third-order valence-corrected chi connectivity index (χ3v) is 4.35. The van der Waals surface area contributed by atoms with E-state index in [-0.39, 0.29) is 12.0 Å². The molecule has 4 nitrogen and oxygen atoms in total. The maximum Gasteiger partial charge on any atom is 0.223 e. The Morgan fingerprint density at radius 3 is 2.52 bits per heavy atom. The third kappa shape index (κ3) is 5.79. The topological polar surface area (TPSA) is 52.9 Å². The fourth-order valence-electron chi connectivity index (χ4n) is 2.41. The number of halogens is 2. The Balaban J connectivity index is 0.00000127. The predicted octanol–water partition coefficient (Wildman–Crippen LogP) is 3.81. The Morgan fingerprint density at radius 1 is 1.30 bits per heavy atom. The first-order chi connectivity index (χ1) is 11.0. The highest BCUT2D eigenvalue weighted by Gasteiger charge is 2.24. The molecular formula is C17H24Cl2N2O2. The molecule has 0 bridgehead atoms. The van der Waals surface area contributed by atoms with Crippen LogP contribution in [0.15, 0.2) is 23.2 Å². The van der Waals surface area contributed by atoms with E-state index in [0.717, 1.165) is 11.3 Å². The normalized spacial score (nSPS) is 17.7. The second-order valence-electron chi connectivity index (χ2n) is 5.08. The van der Waals surface area contributed by atoms with E-state index in [1.165, 1.54) is 0 Å². The van der Waals surface area contributed by atoms with Gasteiger partial charge in [-0.2, -0.15) is 0 Å². The van der Waals surface area contributed by atoms with E-state index in [1.54, 1.807) is 24.1 Å². The van der Waals surface area contributed by atoms with Gasteiger partial charge in [-0.25, -0.2) is 0 Å². The number of aliphatic hydroxyl groups excluding tert-OH is 1. The van der Waals surface area contributed by atoms with Crippen LogP contribution in [0.25, 0.3) is 0 Å². The van der Waals surface area contributed by atoms with Crippen molar-refractivity contribution < 1.29 is 9.90 Å². The summed E-state index contributed by atoms with van der Waals surface area (Å²) in [6.45, 7) is 5.07. The van der Waals surface area contributed by atoms with Gasteiger partial charge >= 0.3 is 0 Å². The zero-order valence-corrected chi connectivity index (χ0v) is 15.4. The van der Waals surface area contributed by atoms with E-state index in [4.69, 9.17) is 23.2 Å². The molecule has 2 rings (SSSR count). The van der Waals surface area contributed by atoms with Crippen LogP contribution in [0.5, 0.6) is 0 Å². The number of carbonyl (C=O) groups is 1. The lowest BCUT2D eigenvalue weighted by molar-refractivity contribution is -0.130. The van der Waals surface area contributed by atoms with Gasteiger partial charge in [0.05, 0.1) is 16.1 Å². The number of amides is 1. The van der Waals surface area contributed by atoms with Crippen molar-refractivity contribution in [3.63, 3.8) is 0 Å². The molecule has 1 aromatic rings. The maximum absolute atomic E-state index is 12.1. The Morgan fingerprint density at radius 2 is 2.00 bits per heavy atom. The van der Waals surface area contributed by atoms with Crippen molar-refractivity contribution in [1.82, 2.24) is 4.90 Å². The summed E-state index contributed by atoms with van der Waals surface area (Å²) < 4.78 is 0. The van der Waals surface area contributed by atoms with Crippen molar-refractivity contribution in [1.29, 1.82) is 0 Å². The minimum atomic E-state index is -0.386. The summed E-state index contributed by atoms with van der Waals surface area (Å²) in [5, 5.41) is 10.4. The zero-order chi connectivity index (χ0) is 17.4. The number of benzene rings is 1. The van der Waals surface area contributed by atoms with Crippen molar-refractivity contribution in [2.24, 2.45) is 4.99 Å². The van der Waals surface area contributed by atoms with Gasteiger partial charge in [0.2, 0.25) is 5.91 Å². The molecule has 0 radical (unpaired) electrons. The van der Waals surface area contributed by atoms with Crippen LogP contribution in [0.2, 0.25) is 10.0 Å². The molecule has 1 saturated heterocycles. The number of hydrogen-bond donors (Lipinski definition) is 1. The molecule has 1 aliphatic rings. The fraction of sp³-hybridized carbons (Fsp3) is 0.529. The van der Waals surface area contributed by atoms with E-state index in [9.17, 15) is 9.90 Å². The Labute approximate surface area is 148 Å². The molecule has 128 valence electrons. The smallest absolute Gasteiger partial charge is 0.223 e. The largest absolute Gasteiger partial charge is 0.391 e. The molecule has 1 heterocycles. The number of nitrogens with zero attached hydrogens (tertiary/aromatic N) is 2. The summed E-state index contributed by atoms with van der Waals surface area (Å²) in [6.07, 6.45) is 1.19.